The van der Waals surface area contributed by atoms with Crippen molar-refractivity contribution in [1.82, 2.24) is 0 Å². The molecule has 0 saturated heterocycles. The fourth-order valence-electron chi connectivity index (χ4n) is 0.672. The van der Waals surface area contributed by atoms with Crippen molar-refractivity contribution in [1.29, 1.82) is 0 Å². The summed E-state index contributed by atoms with van der Waals surface area (Å²) in [5, 5.41) is 0. The first-order valence-corrected chi connectivity index (χ1v) is 5.50. The fraction of sp³-hybridized carbons (Fsp3) is 1.00. The Balaban J connectivity index is 0. The molecule has 0 bridgehead atoms. The van der Waals surface area contributed by atoms with Gasteiger partial charge >= 0.3 is 9.05 Å². The smallest absolute Gasteiger partial charge is 0.367 e. The Morgan fingerprint density at radius 1 is 0.917 bits per heavy atom. The first-order chi connectivity index (χ1) is 5.18. The molecule has 0 aliphatic carbocycles. The molecule has 0 unspecified atom stereocenters. The maximum absolute atomic E-state index is 9.48. The van der Waals surface area contributed by atoms with Crippen LogP contribution in [0.1, 0.15) is 20.8 Å². The highest BCUT2D eigenvalue weighted by atomic mass is 28.4. The van der Waals surface area contributed by atoms with Gasteiger partial charge in [0.15, 0.2) is 0 Å². The fourth-order valence-corrected chi connectivity index (χ4v) is 2.02. The summed E-state index contributed by atoms with van der Waals surface area (Å²) in [5.41, 5.74) is 0. The van der Waals surface area contributed by atoms with Crippen LogP contribution in [0.2, 0.25) is 0 Å². The molecule has 1 N–H and O–H groups in total. The average molecular weight is 212 g/mol. The van der Waals surface area contributed by atoms with Crippen LogP contribution in [0.4, 0.5) is 0 Å². The quantitative estimate of drug-likeness (QED) is 0.578. The molecule has 0 aromatic carbocycles. The van der Waals surface area contributed by atoms with Gasteiger partial charge in [0.25, 0.3) is 0 Å². The molecule has 0 spiro atoms. The van der Waals surface area contributed by atoms with Crippen molar-refractivity contribution >= 4 is 20.0 Å². The molecule has 0 aromatic rings. The van der Waals surface area contributed by atoms with Gasteiger partial charge in [-0.05, 0) is 31.7 Å². The molecule has 0 fully saturated rings. The topological polar surface area (TPSA) is 47.9 Å². The minimum Gasteiger partial charge on any atom is -0.367 e. The van der Waals surface area contributed by atoms with Crippen LogP contribution in [-0.2, 0) is 13.3 Å². The van der Waals surface area contributed by atoms with Gasteiger partial charge in [0.2, 0.25) is 0 Å². The predicted octanol–water partition coefficient (Wildman–Crippen LogP) is -0.928. The summed E-state index contributed by atoms with van der Waals surface area (Å²) in [5.74, 6) is 0. The molecule has 4 nitrogen and oxygen atoms in total. The summed E-state index contributed by atoms with van der Waals surface area (Å²) < 4.78 is 14.9. The van der Waals surface area contributed by atoms with Crippen LogP contribution in [-0.4, -0.2) is 44.6 Å². The lowest BCUT2D eigenvalue weighted by Crippen LogP contribution is -2.46. The van der Waals surface area contributed by atoms with E-state index in [9.17, 15) is 4.80 Å². The van der Waals surface area contributed by atoms with E-state index in [0.717, 1.165) is 0 Å². The Morgan fingerprint density at radius 2 is 1.17 bits per heavy atom. The molecule has 0 heterocycles. The molecule has 12 heavy (non-hydrogen) atoms. The van der Waals surface area contributed by atoms with Crippen molar-refractivity contribution in [3.05, 3.63) is 0 Å². The molecule has 0 aromatic heterocycles. The van der Waals surface area contributed by atoms with E-state index in [0.29, 0.717) is 19.8 Å². The third kappa shape index (κ3) is 5.87. The largest absolute Gasteiger partial charge is 0.676 e. The maximum atomic E-state index is 9.48. The zero-order valence-electron chi connectivity index (χ0n) is 7.29. The van der Waals surface area contributed by atoms with Gasteiger partial charge in [-0.25, -0.2) is 0 Å². The van der Waals surface area contributed by atoms with E-state index in [1.165, 1.54) is 0 Å². The van der Waals surface area contributed by atoms with Gasteiger partial charge in [0.1, 0.15) is 0 Å². The van der Waals surface area contributed by atoms with E-state index in [1.807, 2.05) is 0 Å². The Hall–Kier alpha value is 0.274. The molecular weight excluding hydrogens is 192 g/mol. The van der Waals surface area contributed by atoms with E-state index < -0.39 is 9.05 Å². The van der Waals surface area contributed by atoms with Gasteiger partial charge in [0.05, 0.1) is 0 Å². The maximum Gasteiger partial charge on any atom is 0.676 e. The third-order valence-electron chi connectivity index (χ3n) is 0.980. The van der Waals surface area contributed by atoms with E-state index in [2.05, 4.69) is 0 Å². The van der Waals surface area contributed by atoms with Gasteiger partial charge in [-0.1, -0.05) is 0 Å². The Labute approximate surface area is 79.3 Å². The molecule has 0 aliphatic heterocycles. The Kier molecular flexibility index (Phi) is 9.73. The van der Waals surface area contributed by atoms with Crippen LogP contribution < -0.4 is 0 Å². The number of hydrogen-bond donors (Lipinski definition) is 1. The molecular formula is C6H20O4Si2. The summed E-state index contributed by atoms with van der Waals surface area (Å²) >= 11 is 0. The Morgan fingerprint density at radius 3 is 1.33 bits per heavy atom. The molecule has 0 radical (unpaired) electrons. The molecule has 0 atom stereocenters. The minimum absolute atomic E-state index is 0. The van der Waals surface area contributed by atoms with Gasteiger partial charge < -0.3 is 18.1 Å². The van der Waals surface area contributed by atoms with Crippen LogP contribution in [0.25, 0.3) is 0 Å². The van der Waals surface area contributed by atoms with Gasteiger partial charge in [-0.3, -0.25) is 0 Å². The van der Waals surface area contributed by atoms with E-state index in [-0.39, 0.29) is 11.0 Å². The average Bonchev–Trinajstić information content (AvgIpc) is 1.88. The van der Waals surface area contributed by atoms with Gasteiger partial charge in [0, 0.05) is 19.8 Å². The predicted molar refractivity (Wildman–Crippen MR) is 54.2 cm³/mol. The molecule has 0 rings (SSSR count). The first-order valence-electron chi connectivity index (χ1n) is 3.82. The second-order valence-corrected chi connectivity index (χ2v) is 3.74. The highest BCUT2D eigenvalue weighted by Crippen LogP contribution is 2.04. The normalized spacial score (nSPS) is 11.0. The Bertz CT molecular complexity index is 84.5. The molecule has 76 valence electrons. The first kappa shape index (κ1) is 14.8. The summed E-state index contributed by atoms with van der Waals surface area (Å²) in [6, 6.07) is 0. The number of hydrogen-bond acceptors (Lipinski definition) is 4. The van der Waals surface area contributed by atoms with Crippen LogP contribution in [0, 0.1) is 0 Å². The van der Waals surface area contributed by atoms with Crippen LogP contribution in [0.3, 0.4) is 0 Å². The molecule has 0 saturated carbocycles. The molecule has 0 amide bonds. The van der Waals surface area contributed by atoms with Crippen molar-refractivity contribution in [2.45, 2.75) is 20.8 Å². The zero-order chi connectivity index (χ0) is 8.74. The second kappa shape index (κ2) is 7.90. The number of rotatable bonds is 6. The lowest BCUT2D eigenvalue weighted by atomic mass is 10.9. The highest BCUT2D eigenvalue weighted by molar-refractivity contribution is 6.51. The molecule has 0 aliphatic rings. The monoisotopic (exact) mass is 212 g/mol. The van der Waals surface area contributed by atoms with Crippen molar-refractivity contribution in [3.63, 3.8) is 0 Å². The highest BCUT2D eigenvalue weighted by Gasteiger charge is 2.39. The van der Waals surface area contributed by atoms with Gasteiger partial charge in [-0.2, -0.15) is 0 Å². The van der Waals surface area contributed by atoms with Crippen molar-refractivity contribution in [2.24, 2.45) is 0 Å². The summed E-state index contributed by atoms with van der Waals surface area (Å²) in [7, 11) is -3.25. The summed E-state index contributed by atoms with van der Waals surface area (Å²) in [4.78, 5) is 9.48. The third-order valence-corrected chi connectivity index (χ3v) is 2.94. The van der Waals surface area contributed by atoms with Gasteiger partial charge in [-0.15, -0.1) is 0 Å². The minimum atomic E-state index is -3.25. The SMILES string of the molecule is CCO[Si](O)(OCC)OCC.[SiH4]. The van der Waals surface area contributed by atoms with E-state index >= 15 is 0 Å². The lowest BCUT2D eigenvalue weighted by Gasteiger charge is -2.20. The zero-order valence-corrected chi connectivity index (χ0v) is 8.29. The van der Waals surface area contributed by atoms with E-state index in [1.54, 1.807) is 20.8 Å². The van der Waals surface area contributed by atoms with Crippen LogP contribution >= 0.6 is 0 Å². The van der Waals surface area contributed by atoms with Crippen LogP contribution in [0.5, 0.6) is 0 Å². The van der Waals surface area contributed by atoms with Crippen LogP contribution in [0.15, 0.2) is 0 Å². The van der Waals surface area contributed by atoms with Crippen molar-refractivity contribution in [3.8, 4) is 0 Å². The summed E-state index contributed by atoms with van der Waals surface area (Å²) in [6.07, 6.45) is 0. The van der Waals surface area contributed by atoms with E-state index in [4.69, 9.17) is 13.3 Å². The van der Waals surface area contributed by atoms with Crippen molar-refractivity contribution in [2.75, 3.05) is 19.8 Å². The molecule has 6 heteroatoms. The standard InChI is InChI=1S/C6H16O4Si.H4Si/c1-4-8-11(7,9-5-2)10-6-3;/h7H,4-6H2,1-3H3;1H4. The second-order valence-electron chi connectivity index (χ2n) is 1.82. The summed E-state index contributed by atoms with van der Waals surface area (Å²) in [6.45, 7) is 6.58. The van der Waals surface area contributed by atoms with Crippen molar-refractivity contribution < 1.29 is 18.1 Å². The lowest BCUT2D eigenvalue weighted by molar-refractivity contribution is 0.00146.